The van der Waals surface area contributed by atoms with Gasteiger partial charge < -0.3 is 35.4 Å². The summed E-state index contributed by atoms with van der Waals surface area (Å²) < 4.78 is 6.75. The van der Waals surface area contributed by atoms with E-state index in [1.54, 1.807) is 72.4 Å². The number of likely N-dealkylation sites (tertiary alicyclic amines) is 1. The molecular weight excluding hydrogens is 1050 g/mol. The molecule has 410 valence electrons. The smallest absolute Gasteiger partial charge is 0.258 e. The minimum atomic E-state index is -1.12. The summed E-state index contributed by atoms with van der Waals surface area (Å²) >= 11 is 3.58. The number of hydrogen-bond donors (Lipinski definition) is 3. The highest BCUT2D eigenvalue weighted by Gasteiger charge is 2.45. The molecule has 2 aliphatic carbocycles. The van der Waals surface area contributed by atoms with Gasteiger partial charge in [0.15, 0.2) is 5.78 Å². The van der Waals surface area contributed by atoms with Gasteiger partial charge in [0.1, 0.15) is 17.8 Å². The number of fused-ring (bicyclic) bond motifs is 3. The van der Waals surface area contributed by atoms with Crippen molar-refractivity contribution in [3.8, 4) is 5.75 Å². The van der Waals surface area contributed by atoms with E-state index in [-0.39, 0.29) is 84.9 Å². The predicted molar refractivity (Wildman–Crippen MR) is 306 cm³/mol. The standard InChI is InChI=1S/C63H73BrN6O8/c1-6-38(3)58(72)66-51-37-70(53-23-14-13-22-52(53)69(62(51)76)36-50-49-30-29-46(64)32-45(49)28-31-56(50)78-5)61(75)43-26-24-42(25-27-43)60(74)65-47-34-54(55(71)33-44-20-15-19-40-16-11-12-21-48(40)44)68(35-47)63(77)57(41-17-9-8-10-18-41)67-59(73)39(4)7-2/h11-14,16,21-32,38-39,41,44,47,51,54,57H,6-10,15,17-20,33-37H2,1-5H3,(H,65,74)(H,66,72)(H,67,73)/t38-,39-,44-,47+,51+,54+,57+/m1/s1. The van der Waals surface area contributed by atoms with Crippen LogP contribution in [0.2, 0.25) is 0 Å². The number of carbonyl (C=O) groups excluding carboxylic acids is 7. The molecule has 4 aliphatic rings. The minimum Gasteiger partial charge on any atom is -0.496 e. The zero-order valence-electron chi connectivity index (χ0n) is 45.5. The topological polar surface area (TPSA) is 175 Å². The summed E-state index contributed by atoms with van der Waals surface area (Å²) in [6.45, 7) is 7.51. The van der Waals surface area contributed by atoms with Crippen LogP contribution < -0.4 is 30.5 Å². The maximum atomic E-state index is 15.0. The van der Waals surface area contributed by atoms with Crippen LogP contribution in [0.5, 0.6) is 5.75 Å². The van der Waals surface area contributed by atoms with Gasteiger partial charge in [0.2, 0.25) is 17.7 Å². The molecule has 0 unspecified atom stereocenters. The number of anilines is 2. The Morgan fingerprint density at radius 3 is 2.17 bits per heavy atom. The van der Waals surface area contributed by atoms with Crippen molar-refractivity contribution in [1.82, 2.24) is 20.9 Å². The molecule has 5 aromatic carbocycles. The fourth-order valence-corrected chi connectivity index (χ4v) is 12.4. The number of ether oxygens (including phenoxy) is 1. The van der Waals surface area contributed by atoms with Gasteiger partial charge in [-0.3, -0.25) is 33.6 Å². The highest BCUT2D eigenvalue weighted by atomic mass is 79.9. The molecule has 0 aromatic heterocycles. The lowest BCUT2D eigenvalue weighted by atomic mass is 9.79. The Kier molecular flexibility index (Phi) is 17.8. The van der Waals surface area contributed by atoms with Crippen LogP contribution in [0.4, 0.5) is 11.4 Å². The first-order chi connectivity index (χ1) is 37.7. The van der Waals surface area contributed by atoms with Crippen LogP contribution in [0, 0.1) is 17.8 Å². The molecule has 78 heavy (non-hydrogen) atoms. The molecule has 9 rings (SSSR count). The van der Waals surface area contributed by atoms with Gasteiger partial charge in [-0.1, -0.05) is 111 Å². The van der Waals surface area contributed by atoms with E-state index in [0.29, 0.717) is 30.0 Å². The van der Waals surface area contributed by atoms with Crippen LogP contribution in [0.25, 0.3) is 10.8 Å². The van der Waals surface area contributed by atoms with Crippen LogP contribution >= 0.6 is 15.9 Å². The van der Waals surface area contributed by atoms with Crippen molar-refractivity contribution < 1.29 is 38.3 Å². The molecule has 14 nitrogen and oxygen atoms in total. The molecular formula is C63H73BrN6O8. The maximum absolute atomic E-state index is 15.0. The zero-order valence-corrected chi connectivity index (χ0v) is 47.1. The summed E-state index contributed by atoms with van der Waals surface area (Å²) in [6, 6.07) is 28.2. The Morgan fingerprint density at radius 2 is 1.44 bits per heavy atom. The van der Waals surface area contributed by atoms with Crippen molar-refractivity contribution in [2.24, 2.45) is 17.8 Å². The average molecular weight is 1120 g/mol. The van der Waals surface area contributed by atoms with Gasteiger partial charge in [0.25, 0.3) is 17.7 Å². The number of nitrogens with one attached hydrogen (secondary N) is 3. The maximum Gasteiger partial charge on any atom is 0.258 e. The molecule has 0 bridgehead atoms. The quantitative estimate of drug-likeness (QED) is 0.0825. The normalized spacial score (nSPS) is 20.6. The summed E-state index contributed by atoms with van der Waals surface area (Å²) in [6.07, 6.45) is 9.07. The first-order valence-corrected chi connectivity index (χ1v) is 28.9. The second-order valence-corrected chi connectivity index (χ2v) is 22.9. The number of methoxy groups -OCH3 is 1. The van der Waals surface area contributed by atoms with Gasteiger partial charge in [-0.2, -0.15) is 0 Å². The summed E-state index contributed by atoms with van der Waals surface area (Å²) in [5.41, 5.74) is 4.63. The minimum absolute atomic E-state index is 0.0206. The van der Waals surface area contributed by atoms with Crippen molar-refractivity contribution >= 4 is 79.3 Å². The molecule has 5 aromatic rings. The van der Waals surface area contributed by atoms with E-state index in [2.05, 4.69) is 44.0 Å². The van der Waals surface area contributed by atoms with E-state index in [9.17, 15) is 28.8 Å². The van der Waals surface area contributed by atoms with Crippen LogP contribution in [-0.4, -0.2) is 90.5 Å². The van der Waals surface area contributed by atoms with Crippen molar-refractivity contribution in [3.05, 3.63) is 135 Å². The third-order valence-electron chi connectivity index (χ3n) is 17.0. The highest BCUT2D eigenvalue weighted by molar-refractivity contribution is 9.10. The monoisotopic (exact) mass is 1120 g/mol. The van der Waals surface area contributed by atoms with Gasteiger partial charge in [0, 0.05) is 52.0 Å². The first kappa shape index (κ1) is 55.9. The number of rotatable bonds is 17. The van der Waals surface area contributed by atoms with Crippen molar-refractivity contribution in [3.63, 3.8) is 0 Å². The number of nitrogens with zero attached hydrogens (tertiary/aromatic N) is 3. The van der Waals surface area contributed by atoms with E-state index in [4.69, 9.17) is 4.74 Å². The molecule has 1 saturated carbocycles. The van der Waals surface area contributed by atoms with Crippen molar-refractivity contribution in [2.45, 2.75) is 141 Å². The van der Waals surface area contributed by atoms with Crippen LogP contribution in [0.1, 0.15) is 142 Å². The highest BCUT2D eigenvalue weighted by Crippen LogP contribution is 2.40. The third kappa shape index (κ3) is 12.1. The number of hydrogen-bond acceptors (Lipinski definition) is 8. The fraction of sp³-hybridized carbons (Fsp3) is 0.444. The first-order valence-electron chi connectivity index (χ1n) is 28.1. The molecule has 0 spiro atoms. The van der Waals surface area contributed by atoms with E-state index in [1.165, 1.54) is 16.0 Å². The Hall–Kier alpha value is -6.87. The largest absolute Gasteiger partial charge is 0.496 e. The Balaban J connectivity index is 0.973. The van der Waals surface area contributed by atoms with Gasteiger partial charge in [-0.05, 0) is 140 Å². The lowest BCUT2D eigenvalue weighted by Crippen LogP contribution is -2.56. The molecule has 6 amide bonds. The Morgan fingerprint density at radius 1 is 0.744 bits per heavy atom. The predicted octanol–water partition coefficient (Wildman–Crippen LogP) is 10.2. The molecule has 3 N–H and O–H groups in total. The molecule has 7 atom stereocenters. The fourth-order valence-electron chi connectivity index (χ4n) is 12.0. The number of para-hydroxylation sites is 2. The second-order valence-electron chi connectivity index (χ2n) is 22.0. The summed E-state index contributed by atoms with van der Waals surface area (Å²) in [7, 11) is 1.58. The third-order valence-corrected chi connectivity index (χ3v) is 17.5. The lowest BCUT2D eigenvalue weighted by molar-refractivity contribution is -0.143. The van der Waals surface area contributed by atoms with Crippen LogP contribution in [0.15, 0.2) is 108 Å². The van der Waals surface area contributed by atoms with E-state index < -0.39 is 47.8 Å². The van der Waals surface area contributed by atoms with Crippen molar-refractivity contribution in [1.29, 1.82) is 0 Å². The molecule has 15 heteroatoms. The number of aryl methyl sites for hydroxylation is 1. The van der Waals surface area contributed by atoms with Gasteiger partial charge in [-0.25, -0.2) is 0 Å². The summed E-state index contributed by atoms with van der Waals surface area (Å²) in [4.78, 5) is 106. The second kappa shape index (κ2) is 24.9. The number of ketones is 1. The summed E-state index contributed by atoms with van der Waals surface area (Å²) in [5.74, 6) is -2.22. The SMILES string of the molecule is CC[C@@H](C)C(=O)N[C@H]1CN(C(=O)c2ccc(C(=O)N[C@H]3C[C@@H](C(=O)C[C@H]4CCCc5ccccc54)N(C(=O)[C@@H](NC(=O)[C@H](C)CC)C4CCCCC4)C3)cc2)c2ccccc2N(Cc2c(OC)ccc3cc(Br)ccc23)C1=O. The molecule has 1 saturated heterocycles. The van der Waals surface area contributed by atoms with Gasteiger partial charge in [0.05, 0.1) is 37.6 Å². The van der Waals surface area contributed by atoms with Crippen LogP contribution in [0.3, 0.4) is 0 Å². The van der Waals surface area contributed by atoms with Crippen molar-refractivity contribution in [2.75, 3.05) is 30.0 Å². The number of Topliss-reactive ketones (excluding diaryl/α,β-unsaturated/α-hetero) is 1. The van der Waals surface area contributed by atoms with E-state index in [0.717, 1.165) is 72.2 Å². The molecule has 2 heterocycles. The molecule has 2 aliphatic heterocycles. The van der Waals surface area contributed by atoms with Crippen LogP contribution in [-0.2, 0) is 36.9 Å². The summed E-state index contributed by atoms with van der Waals surface area (Å²) in [5, 5.41) is 11.1. The van der Waals surface area contributed by atoms with Gasteiger partial charge in [-0.15, -0.1) is 0 Å². The average Bonchev–Trinajstić information content (AvgIpc) is 4.01. The number of carbonyl (C=O) groups is 7. The molecule has 2 fully saturated rings. The zero-order chi connectivity index (χ0) is 55.2. The lowest BCUT2D eigenvalue weighted by Gasteiger charge is -2.35. The Bertz CT molecular complexity index is 3070. The van der Waals surface area contributed by atoms with Gasteiger partial charge >= 0.3 is 0 Å². The van der Waals surface area contributed by atoms with E-state index >= 15 is 4.79 Å². The number of amides is 6. The molecule has 0 radical (unpaired) electrons. The van der Waals surface area contributed by atoms with E-state index in [1.807, 2.05) is 63.2 Å². The number of halogens is 1. The Labute approximate surface area is 466 Å². The number of benzene rings is 5.